The van der Waals surface area contributed by atoms with Gasteiger partial charge in [0.1, 0.15) is 5.00 Å². The molecule has 8 heteroatoms. The summed E-state index contributed by atoms with van der Waals surface area (Å²) in [7, 11) is 1.27. The molecule has 1 heterocycles. The van der Waals surface area contributed by atoms with E-state index in [1.165, 1.54) is 30.2 Å². The predicted octanol–water partition coefficient (Wildman–Crippen LogP) is 4.66. The van der Waals surface area contributed by atoms with Gasteiger partial charge in [-0.25, -0.2) is 4.79 Å². The number of aliphatic imine (C=N–C) groups is 1. The van der Waals surface area contributed by atoms with Crippen LogP contribution < -0.4 is 10.6 Å². The quantitative estimate of drug-likeness (QED) is 0.598. The lowest BCUT2D eigenvalue weighted by molar-refractivity contribution is -0.115. The molecule has 132 valence electrons. The molecule has 0 aliphatic heterocycles. The lowest BCUT2D eigenvalue weighted by atomic mass is 10.1. The number of carbonyl (C=O) groups excluding carboxylic acids is 2. The van der Waals surface area contributed by atoms with E-state index in [9.17, 15) is 9.59 Å². The molecule has 0 radical (unpaired) electrons. The number of anilines is 2. The number of thiophene rings is 1. The lowest BCUT2D eigenvalue weighted by Crippen LogP contribution is -2.14. The first-order chi connectivity index (χ1) is 12.1. The van der Waals surface area contributed by atoms with E-state index in [1.807, 2.05) is 35.7 Å². The Morgan fingerprint density at radius 2 is 1.96 bits per heavy atom. The Hall–Kier alpha value is -2.32. The molecule has 0 saturated carbocycles. The smallest absolute Gasteiger partial charge is 0.435 e. The van der Waals surface area contributed by atoms with E-state index in [0.717, 1.165) is 11.1 Å². The third kappa shape index (κ3) is 5.07. The summed E-state index contributed by atoms with van der Waals surface area (Å²) in [6.07, 6.45) is 1.49. The maximum absolute atomic E-state index is 11.8. The van der Waals surface area contributed by atoms with Crippen molar-refractivity contribution < 1.29 is 14.3 Å². The third-order valence-electron chi connectivity index (χ3n) is 3.24. The number of hydrogen-bond acceptors (Lipinski definition) is 5. The van der Waals surface area contributed by atoms with Crippen LogP contribution in [-0.4, -0.2) is 30.5 Å². The molecule has 1 aromatic heterocycles. The summed E-state index contributed by atoms with van der Waals surface area (Å²) >= 11 is 2.70. The van der Waals surface area contributed by atoms with Gasteiger partial charge in [-0.3, -0.25) is 4.79 Å². The molecule has 0 spiro atoms. The summed E-state index contributed by atoms with van der Waals surface area (Å²) < 4.78 is 4.58. The van der Waals surface area contributed by atoms with Crippen LogP contribution in [0.2, 0.25) is 0 Å². The van der Waals surface area contributed by atoms with Gasteiger partial charge in [0.2, 0.25) is 5.91 Å². The maximum atomic E-state index is 11.8. The minimum absolute atomic E-state index is 0.0832. The van der Waals surface area contributed by atoms with Crippen LogP contribution in [0.1, 0.15) is 13.3 Å². The van der Waals surface area contributed by atoms with Gasteiger partial charge < -0.3 is 15.4 Å². The van der Waals surface area contributed by atoms with Crippen LogP contribution in [0, 0.1) is 0 Å². The SMILES string of the molecule is CCC(=O)Nc1scc(-c2ccccc2)c1NC(=NC(=O)OC)SC. The van der Waals surface area contributed by atoms with Gasteiger partial charge in [-0.2, -0.15) is 4.99 Å². The van der Waals surface area contributed by atoms with Gasteiger partial charge in [0.05, 0.1) is 12.8 Å². The van der Waals surface area contributed by atoms with Crippen LogP contribution in [0.3, 0.4) is 0 Å². The Morgan fingerprint density at radius 3 is 2.56 bits per heavy atom. The standard InChI is InChI=1S/C17H19N3O3S2/c1-4-13(21)18-15-14(19-16(24-3)20-17(22)23-2)12(10-25-15)11-8-6-5-7-9-11/h5-10H,4H2,1-3H3,(H,18,21)(H,19,20,22). The molecule has 25 heavy (non-hydrogen) atoms. The number of amidine groups is 1. The number of rotatable bonds is 4. The normalized spacial score (nSPS) is 11.1. The van der Waals surface area contributed by atoms with Crippen LogP contribution in [0.15, 0.2) is 40.7 Å². The summed E-state index contributed by atoms with van der Waals surface area (Å²) in [6.45, 7) is 1.79. The second-order valence-corrected chi connectivity index (χ2v) is 6.51. The van der Waals surface area contributed by atoms with Crippen molar-refractivity contribution in [2.45, 2.75) is 13.3 Å². The minimum atomic E-state index is -0.688. The average Bonchev–Trinajstić information content (AvgIpc) is 3.03. The molecular formula is C17H19N3O3S2. The largest absolute Gasteiger partial charge is 0.451 e. The maximum Gasteiger partial charge on any atom is 0.435 e. The molecule has 0 bridgehead atoms. The molecular weight excluding hydrogens is 358 g/mol. The highest BCUT2D eigenvalue weighted by molar-refractivity contribution is 8.13. The van der Waals surface area contributed by atoms with Crippen LogP contribution >= 0.6 is 23.1 Å². The van der Waals surface area contributed by atoms with E-state index in [4.69, 9.17) is 0 Å². The van der Waals surface area contributed by atoms with Crippen molar-refractivity contribution >= 4 is 51.0 Å². The number of nitrogens with one attached hydrogen (secondary N) is 2. The van der Waals surface area contributed by atoms with Gasteiger partial charge in [0, 0.05) is 17.4 Å². The molecule has 6 nitrogen and oxygen atoms in total. The summed E-state index contributed by atoms with van der Waals surface area (Å²) in [4.78, 5) is 27.1. The number of benzene rings is 1. The zero-order valence-corrected chi connectivity index (χ0v) is 15.8. The number of amides is 2. The van der Waals surface area contributed by atoms with E-state index in [0.29, 0.717) is 22.3 Å². The van der Waals surface area contributed by atoms with Gasteiger partial charge in [0.25, 0.3) is 0 Å². The molecule has 2 amide bonds. The first-order valence-electron chi connectivity index (χ1n) is 7.53. The molecule has 0 aliphatic carbocycles. The number of hydrogen-bond donors (Lipinski definition) is 2. The number of carbonyl (C=O) groups is 2. The van der Waals surface area contributed by atoms with Crippen LogP contribution in [0.5, 0.6) is 0 Å². The van der Waals surface area contributed by atoms with Gasteiger partial charge in [-0.1, -0.05) is 49.0 Å². The summed E-state index contributed by atoms with van der Waals surface area (Å²) in [5, 5.41) is 9.05. The van der Waals surface area contributed by atoms with Crippen LogP contribution in [0.4, 0.5) is 15.5 Å². The van der Waals surface area contributed by atoms with E-state index in [-0.39, 0.29) is 5.91 Å². The molecule has 2 aromatic rings. The monoisotopic (exact) mass is 377 g/mol. The van der Waals surface area contributed by atoms with Gasteiger partial charge in [-0.05, 0) is 11.8 Å². The second-order valence-electron chi connectivity index (χ2n) is 4.84. The zero-order valence-electron chi connectivity index (χ0n) is 14.2. The van der Waals surface area contributed by atoms with Crippen molar-refractivity contribution in [3.63, 3.8) is 0 Å². The minimum Gasteiger partial charge on any atom is -0.451 e. The van der Waals surface area contributed by atoms with E-state index < -0.39 is 6.09 Å². The zero-order chi connectivity index (χ0) is 18.2. The average molecular weight is 377 g/mol. The van der Waals surface area contributed by atoms with Crippen molar-refractivity contribution in [1.29, 1.82) is 0 Å². The van der Waals surface area contributed by atoms with Crippen LogP contribution in [-0.2, 0) is 9.53 Å². The molecule has 0 atom stereocenters. The molecule has 0 aliphatic rings. The molecule has 2 N–H and O–H groups in total. The van der Waals surface area contributed by atoms with Crippen molar-refractivity contribution in [2.24, 2.45) is 4.99 Å². The number of nitrogens with zero attached hydrogens (tertiary/aromatic N) is 1. The Bertz CT molecular complexity index is 773. The summed E-state index contributed by atoms with van der Waals surface area (Å²) in [6, 6.07) is 9.79. The first kappa shape index (κ1) is 19.0. The highest BCUT2D eigenvalue weighted by Gasteiger charge is 2.17. The van der Waals surface area contributed by atoms with Crippen molar-refractivity contribution in [3.8, 4) is 11.1 Å². The predicted molar refractivity (Wildman–Crippen MR) is 106 cm³/mol. The molecule has 2 rings (SSSR count). The Labute approximate surface area is 154 Å². The fourth-order valence-electron chi connectivity index (χ4n) is 1.98. The van der Waals surface area contributed by atoms with E-state index in [1.54, 1.807) is 13.2 Å². The lowest BCUT2D eigenvalue weighted by Gasteiger charge is -2.12. The van der Waals surface area contributed by atoms with Gasteiger partial charge in [-0.15, -0.1) is 11.3 Å². The highest BCUT2D eigenvalue weighted by Crippen LogP contribution is 2.40. The Balaban J connectivity index is 2.44. The van der Waals surface area contributed by atoms with Crippen molar-refractivity contribution in [2.75, 3.05) is 24.0 Å². The van der Waals surface area contributed by atoms with E-state index in [2.05, 4.69) is 20.4 Å². The fourth-order valence-corrected chi connectivity index (χ4v) is 3.29. The van der Waals surface area contributed by atoms with E-state index >= 15 is 0 Å². The number of methoxy groups -OCH3 is 1. The molecule has 0 unspecified atom stereocenters. The fraction of sp³-hybridized carbons (Fsp3) is 0.235. The third-order valence-corrected chi connectivity index (χ3v) is 4.72. The van der Waals surface area contributed by atoms with Crippen molar-refractivity contribution in [3.05, 3.63) is 35.7 Å². The topological polar surface area (TPSA) is 79.8 Å². The molecule has 0 fully saturated rings. The summed E-state index contributed by atoms with van der Waals surface area (Å²) in [5.41, 5.74) is 2.62. The number of ether oxygens (including phenoxy) is 1. The highest BCUT2D eigenvalue weighted by atomic mass is 32.2. The molecule has 1 aromatic carbocycles. The number of thioether (sulfide) groups is 1. The summed E-state index contributed by atoms with van der Waals surface area (Å²) in [5.74, 6) is -0.0832. The Kier molecular flexibility index (Phi) is 7.03. The second kappa shape index (κ2) is 9.24. The van der Waals surface area contributed by atoms with Crippen molar-refractivity contribution in [1.82, 2.24) is 0 Å². The van der Waals surface area contributed by atoms with Gasteiger partial charge in [0.15, 0.2) is 5.17 Å². The molecule has 0 saturated heterocycles. The first-order valence-corrected chi connectivity index (χ1v) is 9.63. The van der Waals surface area contributed by atoms with Crippen LogP contribution in [0.25, 0.3) is 11.1 Å². The Morgan fingerprint density at radius 1 is 1.24 bits per heavy atom. The van der Waals surface area contributed by atoms with Gasteiger partial charge >= 0.3 is 6.09 Å².